The molecule has 2 aromatic rings. The minimum Gasteiger partial charge on any atom is -0.497 e. The normalized spacial score (nSPS) is 14.2. The van der Waals surface area contributed by atoms with Crippen LogP contribution in [0.25, 0.3) is 0 Å². The Morgan fingerprint density at radius 3 is 2.29 bits per heavy atom. The molecule has 0 aromatic heterocycles. The highest BCUT2D eigenvalue weighted by Crippen LogP contribution is 2.33. The highest BCUT2D eigenvalue weighted by molar-refractivity contribution is 7.91. The zero-order valence-corrected chi connectivity index (χ0v) is 16.1. The number of ether oxygens (including phenoxy) is 1. The number of sulfone groups is 1. The maximum absolute atomic E-state index is 12.7. The third-order valence-electron chi connectivity index (χ3n) is 3.84. The number of benzene rings is 2. The van der Waals surface area contributed by atoms with E-state index in [2.05, 4.69) is 0 Å². The standard InChI is InChI=1S/C17H15ClF3NO5S/c1-16(24,17(19,20)21)15(23)22-14-7-6-12(9-13(14)18)28(25,26)11-5-3-4-10(8-11)27-2/h3-9,24H,1-2H3,(H,22,23)/t16-/m1/s1. The smallest absolute Gasteiger partial charge is 0.426 e. The number of nitrogens with one attached hydrogen (secondary N) is 1. The first kappa shape index (κ1) is 22.0. The Labute approximate surface area is 163 Å². The van der Waals surface area contributed by atoms with Crippen molar-refractivity contribution in [3.63, 3.8) is 0 Å². The summed E-state index contributed by atoms with van der Waals surface area (Å²) in [5, 5.41) is 10.9. The Hall–Kier alpha value is -2.30. The van der Waals surface area contributed by atoms with Gasteiger partial charge in [0.1, 0.15) is 5.75 Å². The third-order valence-corrected chi connectivity index (χ3v) is 5.91. The van der Waals surface area contributed by atoms with Gasteiger partial charge in [-0.05, 0) is 43.3 Å². The van der Waals surface area contributed by atoms with Crippen LogP contribution in [0.5, 0.6) is 5.75 Å². The molecular weight excluding hydrogens is 423 g/mol. The van der Waals surface area contributed by atoms with Crippen LogP contribution in [0, 0.1) is 0 Å². The van der Waals surface area contributed by atoms with Gasteiger partial charge in [-0.3, -0.25) is 4.79 Å². The van der Waals surface area contributed by atoms with E-state index in [4.69, 9.17) is 16.3 Å². The van der Waals surface area contributed by atoms with E-state index in [9.17, 15) is 31.5 Å². The predicted molar refractivity (Wildman–Crippen MR) is 95.2 cm³/mol. The number of methoxy groups -OCH3 is 1. The molecule has 2 N–H and O–H groups in total. The molecule has 11 heteroatoms. The van der Waals surface area contributed by atoms with E-state index >= 15 is 0 Å². The number of hydrogen-bond donors (Lipinski definition) is 2. The van der Waals surface area contributed by atoms with Crippen molar-refractivity contribution in [3.8, 4) is 5.75 Å². The fraction of sp³-hybridized carbons (Fsp3) is 0.235. The van der Waals surface area contributed by atoms with Crippen LogP contribution >= 0.6 is 11.6 Å². The minimum absolute atomic E-state index is 0.0836. The molecule has 0 spiro atoms. The summed E-state index contributed by atoms with van der Waals surface area (Å²) in [7, 11) is -2.63. The molecule has 0 unspecified atom stereocenters. The quantitative estimate of drug-likeness (QED) is 0.747. The number of carbonyl (C=O) groups is 1. The lowest BCUT2D eigenvalue weighted by Gasteiger charge is -2.25. The van der Waals surface area contributed by atoms with Crippen molar-refractivity contribution < 1.29 is 36.2 Å². The zero-order valence-electron chi connectivity index (χ0n) is 14.5. The van der Waals surface area contributed by atoms with Gasteiger partial charge < -0.3 is 15.2 Å². The number of anilines is 1. The monoisotopic (exact) mass is 437 g/mol. The van der Waals surface area contributed by atoms with Crippen molar-refractivity contribution in [2.75, 3.05) is 12.4 Å². The molecule has 152 valence electrons. The Bertz CT molecular complexity index is 1010. The number of amides is 1. The Morgan fingerprint density at radius 2 is 1.75 bits per heavy atom. The second kappa shape index (κ2) is 7.61. The topological polar surface area (TPSA) is 92.7 Å². The van der Waals surface area contributed by atoms with Crippen molar-refractivity contribution in [2.45, 2.75) is 28.5 Å². The molecule has 0 radical (unpaired) electrons. The van der Waals surface area contributed by atoms with Gasteiger partial charge >= 0.3 is 6.18 Å². The van der Waals surface area contributed by atoms with Gasteiger partial charge in [0, 0.05) is 0 Å². The average molecular weight is 438 g/mol. The van der Waals surface area contributed by atoms with E-state index in [1.165, 1.54) is 25.3 Å². The van der Waals surface area contributed by atoms with Crippen LogP contribution in [0.2, 0.25) is 5.02 Å². The van der Waals surface area contributed by atoms with Gasteiger partial charge in [-0.15, -0.1) is 0 Å². The van der Waals surface area contributed by atoms with Crippen molar-refractivity contribution in [2.24, 2.45) is 0 Å². The fourth-order valence-corrected chi connectivity index (χ4v) is 3.66. The maximum atomic E-state index is 12.7. The first-order valence-corrected chi connectivity index (χ1v) is 9.46. The van der Waals surface area contributed by atoms with Crippen LogP contribution < -0.4 is 10.1 Å². The summed E-state index contributed by atoms with van der Waals surface area (Å²) in [6.07, 6.45) is -5.21. The number of rotatable bonds is 5. The lowest BCUT2D eigenvalue weighted by Crippen LogP contribution is -2.52. The lowest BCUT2D eigenvalue weighted by atomic mass is 10.1. The van der Waals surface area contributed by atoms with E-state index in [-0.39, 0.29) is 27.4 Å². The second-order valence-electron chi connectivity index (χ2n) is 5.85. The third kappa shape index (κ3) is 4.23. The number of aliphatic hydroxyl groups is 1. The SMILES string of the molecule is COc1cccc(S(=O)(=O)c2ccc(NC(=O)[C@@](C)(O)C(F)(F)F)c(Cl)c2)c1. The molecule has 2 aromatic carbocycles. The van der Waals surface area contributed by atoms with Gasteiger partial charge in [-0.25, -0.2) is 8.42 Å². The molecule has 6 nitrogen and oxygen atoms in total. The first-order valence-electron chi connectivity index (χ1n) is 7.60. The van der Waals surface area contributed by atoms with Crippen molar-refractivity contribution in [1.29, 1.82) is 0 Å². The molecule has 0 saturated heterocycles. The first-order chi connectivity index (χ1) is 12.8. The Morgan fingerprint density at radius 1 is 1.14 bits per heavy atom. The summed E-state index contributed by atoms with van der Waals surface area (Å²) >= 11 is 5.92. The molecule has 0 aliphatic heterocycles. The molecular formula is C17H15ClF3NO5S. The number of halogens is 4. The predicted octanol–water partition coefficient (Wildman–Crippen LogP) is 3.43. The van der Waals surface area contributed by atoms with Crippen LogP contribution in [-0.4, -0.2) is 38.3 Å². The minimum atomic E-state index is -5.21. The summed E-state index contributed by atoms with van der Waals surface area (Å²) in [6.45, 7) is 0.290. The highest BCUT2D eigenvalue weighted by Gasteiger charge is 2.55. The molecule has 0 bridgehead atoms. The van der Waals surface area contributed by atoms with Crippen LogP contribution in [0.4, 0.5) is 18.9 Å². The second-order valence-corrected chi connectivity index (χ2v) is 8.21. The summed E-state index contributed by atoms with van der Waals surface area (Å²) in [5.41, 5.74) is -3.94. The van der Waals surface area contributed by atoms with Crippen molar-refractivity contribution >= 4 is 33.0 Å². The largest absolute Gasteiger partial charge is 0.497 e. The number of hydrogen-bond acceptors (Lipinski definition) is 5. The van der Waals surface area contributed by atoms with Crippen LogP contribution in [0.15, 0.2) is 52.3 Å². The Balaban J connectivity index is 2.35. The number of carbonyl (C=O) groups excluding carboxylic acids is 1. The van der Waals surface area contributed by atoms with E-state index in [0.717, 1.165) is 18.2 Å². The van der Waals surface area contributed by atoms with Gasteiger partial charge in [0.05, 0.1) is 27.6 Å². The molecule has 0 heterocycles. The number of alkyl halides is 3. The van der Waals surface area contributed by atoms with Gasteiger partial charge in [-0.1, -0.05) is 17.7 Å². The van der Waals surface area contributed by atoms with E-state index in [0.29, 0.717) is 5.75 Å². The van der Waals surface area contributed by atoms with Gasteiger partial charge in [0.15, 0.2) is 0 Å². The van der Waals surface area contributed by atoms with Crippen LogP contribution in [0.3, 0.4) is 0 Å². The molecule has 0 aliphatic carbocycles. The summed E-state index contributed by atoms with van der Waals surface area (Å²) < 4.78 is 68.5. The molecule has 1 atom stereocenters. The summed E-state index contributed by atoms with van der Waals surface area (Å²) in [5.74, 6) is -1.45. The van der Waals surface area contributed by atoms with Crippen molar-refractivity contribution in [1.82, 2.24) is 0 Å². The summed E-state index contributed by atoms with van der Waals surface area (Å²) in [4.78, 5) is 11.4. The average Bonchev–Trinajstić information content (AvgIpc) is 2.62. The van der Waals surface area contributed by atoms with Gasteiger partial charge in [-0.2, -0.15) is 13.2 Å². The molecule has 2 rings (SSSR count). The van der Waals surface area contributed by atoms with Gasteiger partial charge in [0.2, 0.25) is 15.4 Å². The molecule has 0 aliphatic rings. The van der Waals surface area contributed by atoms with Crippen LogP contribution in [0.1, 0.15) is 6.92 Å². The van der Waals surface area contributed by atoms with Gasteiger partial charge in [0.25, 0.3) is 5.91 Å². The Kier molecular flexibility index (Phi) is 5.98. The molecule has 0 saturated carbocycles. The fourth-order valence-electron chi connectivity index (χ4n) is 2.04. The zero-order chi connectivity index (χ0) is 21.3. The van der Waals surface area contributed by atoms with Crippen molar-refractivity contribution in [3.05, 3.63) is 47.5 Å². The van der Waals surface area contributed by atoms with E-state index in [1.54, 1.807) is 6.07 Å². The molecule has 1 amide bonds. The highest BCUT2D eigenvalue weighted by atomic mass is 35.5. The van der Waals surface area contributed by atoms with E-state index in [1.807, 2.05) is 5.32 Å². The summed E-state index contributed by atoms with van der Waals surface area (Å²) in [6, 6.07) is 8.73. The molecule has 0 fully saturated rings. The lowest BCUT2D eigenvalue weighted by molar-refractivity contribution is -0.242. The molecule has 28 heavy (non-hydrogen) atoms. The van der Waals surface area contributed by atoms with Crippen LogP contribution in [-0.2, 0) is 14.6 Å². The van der Waals surface area contributed by atoms with E-state index < -0.39 is 27.5 Å². The maximum Gasteiger partial charge on any atom is 0.426 e.